The fourth-order valence-electron chi connectivity index (χ4n) is 6.56. The van der Waals surface area contributed by atoms with Crippen molar-refractivity contribution in [1.82, 2.24) is 10.2 Å². The number of hydrogen-bond donors (Lipinski definition) is 1. The van der Waals surface area contributed by atoms with Gasteiger partial charge >= 0.3 is 0 Å². The first kappa shape index (κ1) is 31.2. The molecule has 0 spiro atoms. The van der Waals surface area contributed by atoms with Gasteiger partial charge in [-0.3, -0.25) is 9.69 Å². The van der Waals surface area contributed by atoms with Crippen LogP contribution >= 0.6 is 0 Å². The zero-order chi connectivity index (χ0) is 31.4. The maximum atomic E-state index is 13.6. The highest BCUT2D eigenvalue weighted by molar-refractivity contribution is 5.97. The van der Waals surface area contributed by atoms with E-state index in [1.54, 1.807) is 0 Å². The van der Waals surface area contributed by atoms with Crippen LogP contribution in [0.25, 0.3) is 0 Å². The topological polar surface area (TPSA) is 32.3 Å². The van der Waals surface area contributed by atoms with Crippen molar-refractivity contribution in [1.29, 1.82) is 0 Å². The summed E-state index contributed by atoms with van der Waals surface area (Å²) in [5.74, 6) is 4.57. The van der Waals surface area contributed by atoms with E-state index in [9.17, 15) is 18.0 Å². The summed E-state index contributed by atoms with van der Waals surface area (Å²) in [6, 6.07) is 13.5. The third-order valence-corrected chi connectivity index (χ3v) is 9.47. The first-order valence-electron chi connectivity index (χ1n) is 16.3. The number of allylic oxidation sites excluding steroid dienone is 6. The van der Waals surface area contributed by atoms with Gasteiger partial charge in [0, 0.05) is 62.6 Å². The second kappa shape index (κ2) is 13.7. The van der Waals surface area contributed by atoms with Crippen LogP contribution in [0.15, 0.2) is 95.1 Å². The predicted octanol–water partition coefficient (Wildman–Crippen LogP) is 8.44. The number of halogens is 3. The van der Waals surface area contributed by atoms with Gasteiger partial charge < -0.3 is 5.32 Å². The molecule has 1 saturated heterocycles. The fraction of sp³-hybridized carbons (Fsp3) is 0.410. The van der Waals surface area contributed by atoms with Crippen molar-refractivity contribution in [2.75, 3.05) is 13.1 Å². The van der Waals surface area contributed by atoms with Crippen LogP contribution in [-0.2, 0) is 23.7 Å². The van der Waals surface area contributed by atoms with Gasteiger partial charge in [0.2, 0.25) is 0 Å². The lowest BCUT2D eigenvalue weighted by atomic mass is 9.96. The quantitative estimate of drug-likeness (QED) is 0.251. The molecule has 1 N–H and O–H groups in total. The van der Waals surface area contributed by atoms with E-state index < -0.39 is 5.92 Å². The summed E-state index contributed by atoms with van der Waals surface area (Å²) < 4.78 is 40.4. The van der Waals surface area contributed by atoms with E-state index in [1.807, 2.05) is 36.4 Å². The van der Waals surface area contributed by atoms with E-state index in [2.05, 4.69) is 34.2 Å². The van der Waals surface area contributed by atoms with Gasteiger partial charge in [-0.2, -0.15) is 0 Å². The predicted molar refractivity (Wildman–Crippen MR) is 175 cm³/mol. The third kappa shape index (κ3) is 8.47. The maximum Gasteiger partial charge on any atom is 0.270 e. The number of nitrogens with zero attached hydrogens (tertiary/aromatic N) is 1. The fourth-order valence-corrected chi connectivity index (χ4v) is 6.56. The van der Waals surface area contributed by atoms with Crippen molar-refractivity contribution in [2.24, 2.45) is 11.8 Å². The Balaban J connectivity index is 0.00000417. The average molecular weight is 613 g/mol. The monoisotopic (exact) mass is 612 g/mol. The lowest BCUT2D eigenvalue weighted by molar-refractivity contribution is -0.118. The van der Waals surface area contributed by atoms with Crippen LogP contribution < -0.4 is 5.32 Å². The number of likely N-dealkylation sites (tertiary alicyclic amines) is 1. The van der Waals surface area contributed by atoms with E-state index in [1.165, 1.54) is 35.4 Å². The van der Waals surface area contributed by atoms with Crippen LogP contribution in [0.2, 0.25) is 0 Å². The van der Waals surface area contributed by atoms with Crippen LogP contribution in [-0.4, -0.2) is 29.9 Å². The molecule has 236 valence electrons. The van der Waals surface area contributed by atoms with Gasteiger partial charge in [0.1, 0.15) is 5.82 Å². The Hall–Kier alpha value is -3.82. The minimum atomic E-state index is -2.82. The largest absolute Gasteiger partial charge is 0.349 e. The molecule has 2 aromatic rings. The molecule has 0 radical (unpaired) electrons. The Morgan fingerprint density at radius 2 is 1.73 bits per heavy atom. The molecule has 3 nitrogen and oxygen atoms in total. The molecule has 6 heteroatoms. The number of carbonyl (C=O) groups excluding carboxylic acids is 1. The lowest BCUT2D eigenvalue weighted by Gasteiger charge is -2.32. The molecule has 3 aliphatic carbocycles. The summed E-state index contributed by atoms with van der Waals surface area (Å²) in [5.41, 5.74) is 6.60. The normalized spacial score (nSPS) is 22.3. The highest BCUT2D eigenvalue weighted by atomic mass is 19.3. The Bertz CT molecular complexity index is 1580. The Kier molecular flexibility index (Phi) is 9.47. The molecule has 45 heavy (non-hydrogen) atoms. The summed E-state index contributed by atoms with van der Waals surface area (Å²) in [7, 11) is 0. The molecule has 2 aromatic carbocycles. The number of piperidine rings is 1. The maximum absolute atomic E-state index is 13.6. The van der Waals surface area contributed by atoms with Gasteiger partial charge in [0.15, 0.2) is 0 Å². The van der Waals surface area contributed by atoms with Crippen LogP contribution in [0.4, 0.5) is 13.2 Å². The zero-order valence-corrected chi connectivity index (χ0v) is 25.9. The summed E-state index contributed by atoms with van der Waals surface area (Å²) in [6.07, 6.45) is 15.8. The molecule has 2 fully saturated rings. The number of alkyl halides is 2. The Labute approximate surface area is 266 Å². The number of amides is 1. The van der Waals surface area contributed by atoms with E-state index >= 15 is 0 Å². The summed E-state index contributed by atoms with van der Waals surface area (Å²) in [5, 5.41) is 3.26. The summed E-state index contributed by atoms with van der Waals surface area (Å²) in [4.78, 5) is 15.7. The van der Waals surface area contributed by atoms with E-state index in [0.29, 0.717) is 11.5 Å². The number of nitrogens with one attached hydrogen (secondary N) is 1. The van der Waals surface area contributed by atoms with Crippen LogP contribution in [0, 0.1) is 29.5 Å². The minimum absolute atomic E-state index is 0. The number of carbonyl (C=O) groups is 1. The third-order valence-electron chi connectivity index (χ3n) is 9.47. The molecule has 1 heterocycles. The highest BCUT2D eigenvalue weighted by Crippen LogP contribution is 2.45. The molecule has 0 aromatic heterocycles. The van der Waals surface area contributed by atoms with Gasteiger partial charge in [0.25, 0.3) is 11.8 Å². The smallest absolute Gasteiger partial charge is 0.270 e. The first-order chi connectivity index (χ1) is 21.7. The molecular formula is C39H43F3N2O. The summed E-state index contributed by atoms with van der Waals surface area (Å²) >= 11 is 0. The van der Waals surface area contributed by atoms with Crippen LogP contribution in [0.3, 0.4) is 0 Å². The van der Waals surface area contributed by atoms with Crippen molar-refractivity contribution < 1.29 is 19.4 Å². The van der Waals surface area contributed by atoms with Gasteiger partial charge in [-0.1, -0.05) is 71.5 Å². The minimum Gasteiger partial charge on any atom is -0.349 e. The van der Waals surface area contributed by atoms with E-state index in [4.69, 9.17) is 0 Å². The molecule has 6 rings (SSSR count). The van der Waals surface area contributed by atoms with Crippen molar-refractivity contribution in [2.45, 2.75) is 76.8 Å². The van der Waals surface area contributed by atoms with Gasteiger partial charge in [-0.15, -0.1) is 0 Å². The lowest BCUT2D eigenvalue weighted by Crippen LogP contribution is -2.44. The van der Waals surface area contributed by atoms with E-state index in [0.717, 1.165) is 94.6 Å². The molecule has 2 atom stereocenters. The Morgan fingerprint density at radius 3 is 2.47 bits per heavy atom. The standard InChI is InChI=1S/C39H41F3N2O.H2/c1-39(41,42)34-15-8-29(9-16-34)23-28-4-2-3-27(5-6-28)7-12-31-24-33(14-13-32-25-37(31)32)38(45)43-36-19-21-44(22-20-36)26-30-10-17-35(40)18-11-30;/h4,8-11,13-18,24,27,36-37H,2-3,5-6,19-23,25-26H2,1H3,(H,43,45);1H. The van der Waals surface area contributed by atoms with Gasteiger partial charge in [-0.25, -0.2) is 13.2 Å². The summed E-state index contributed by atoms with van der Waals surface area (Å²) in [6.45, 7) is 3.50. The second-order valence-corrected chi connectivity index (χ2v) is 13.1. The van der Waals surface area contributed by atoms with E-state index in [-0.39, 0.29) is 30.7 Å². The number of hydrogen-bond acceptors (Lipinski definition) is 2. The molecule has 2 unspecified atom stereocenters. The first-order valence-corrected chi connectivity index (χ1v) is 16.3. The number of benzene rings is 2. The molecular weight excluding hydrogens is 569 g/mol. The average Bonchev–Trinajstić information content (AvgIpc) is 3.84. The van der Waals surface area contributed by atoms with Crippen molar-refractivity contribution in [3.8, 4) is 11.8 Å². The SMILES string of the molecule is CC(F)(F)c1ccc(CC2=CCCC(C#CC3=CC(C(=O)NC4CCN(Cc5ccc(F)cc5)CC4)=CC=C4CC34)CC2)cc1.[HH]. The second-order valence-electron chi connectivity index (χ2n) is 13.1. The van der Waals surface area contributed by atoms with Gasteiger partial charge in [-0.05, 0) is 86.8 Å². The molecule has 1 amide bonds. The zero-order valence-electron chi connectivity index (χ0n) is 25.9. The molecule has 1 aliphatic heterocycles. The number of rotatable bonds is 7. The van der Waals surface area contributed by atoms with Crippen LogP contribution in [0.1, 0.15) is 70.0 Å². The van der Waals surface area contributed by atoms with Crippen LogP contribution in [0.5, 0.6) is 0 Å². The highest BCUT2D eigenvalue weighted by Gasteiger charge is 2.34. The molecule has 4 aliphatic rings. The number of fused-ring (bicyclic) bond motifs is 1. The Morgan fingerprint density at radius 1 is 1.00 bits per heavy atom. The molecule has 1 saturated carbocycles. The van der Waals surface area contributed by atoms with Crippen molar-refractivity contribution in [3.63, 3.8) is 0 Å². The van der Waals surface area contributed by atoms with Gasteiger partial charge in [0.05, 0.1) is 0 Å². The van der Waals surface area contributed by atoms with Crippen molar-refractivity contribution >= 4 is 5.91 Å². The molecule has 0 bridgehead atoms. The van der Waals surface area contributed by atoms with Crippen molar-refractivity contribution in [3.05, 3.63) is 118 Å².